The largest absolute Gasteiger partial charge is 0.396 e. The highest BCUT2D eigenvalue weighted by Gasteiger charge is 1.92. The molecule has 0 aromatic rings. The number of aliphatic hydroxyl groups excluding tert-OH is 1. The molecule has 0 rings (SSSR count). The number of allylic oxidation sites excluding steroid dienone is 2. The van der Waals surface area contributed by atoms with Crippen LogP contribution in [0.15, 0.2) is 23.2 Å². The monoisotopic (exact) mass is 204 g/mol. The minimum atomic E-state index is 0.265. The van der Waals surface area contributed by atoms with Gasteiger partial charge >= 0.3 is 0 Å². The van der Waals surface area contributed by atoms with Crippen molar-refractivity contribution in [2.45, 2.75) is 19.3 Å². The lowest BCUT2D eigenvalue weighted by Crippen LogP contribution is -1.85. The van der Waals surface area contributed by atoms with Gasteiger partial charge < -0.3 is 5.11 Å². The van der Waals surface area contributed by atoms with Crippen LogP contribution in [0, 0.1) is 0 Å². The zero-order chi connectivity index (χ0) is 7.82. The minimum absolute atomic E-state index is 0.265. The molecule has 1 nitrogen and oxygen atoms in total. The van der Waals surface area contributed by atoms with E-state index in [1.165, 1.54) is 5.57 Å². The molecule has 10 heavy (non-hydrogen) atoms. The van der Waals surface area contributed by atoms with Crippen LogP contribution in [-0.4, -0.2) is 11.7 Å². The summed E-state index contributed by atoms with van der Waals surface area (Å²) in [6, 6.07) is 0. The van der Waals surface area contributed by atoms with E-state index in [9.17, 15) is 0 Å². The molecule has 0 aliphatic heterocycles. The third kappa shape index (κ3) is 4.77. The Morgan fingerprint density at radius 1 is 1.60 bits per heavy atom. The average Bonchev–Trinajstić information content (AvgIpc) is 1.98. The Balaban J connectivity index is 3.51. The third-order valence-corrected chi connectivity index (χ3v) is 1.86. The van der Waals surface area contributed by atoms with E-state index in [0.717, 1.165) is 19.3 Å². The molecule has 2 heteroatoms. The first-order chi connectivity index (χ1) is 4.85. The molecule has 58 valence electrons. The number of hydrogen-bond donors (Lipinski definition) is 1. The van der Waals surface area contributed by atoms with Crippen molar-refractivity contribution in [1.82, 2.24) is 0 Å². The topological polar surface area (TPSA) is 20.2 Å². The fraction of sp³-hybridized carbons (Fsp3) is 0.500. The second-order valence-corrected chi connectivity index (χ2v) is 2.55. The van der Waals surface area contributed by atoms with Crippen LogP contribution in [0.25, 0.3) is 0 Å². The quantitative estimate of drug-likeness (QED) is 0.684. The van der Waals surface area contributed by atoms with Crippen molar-refractivity contribution in [3.63, 3.8) is 0 Å². The summed E-state index contributed by atoms with van der Waals surface area (Å²) >= 11 is 3.26. The fourth-order valence-corrected chi connectivity index (χ4v) is 1.11. The summed E-state index contributed by atoms with van der Waals surface area (Å²) in [6.07, 6.45) is 4.56. The van der Waals surface area contributed by atoms with E-state index in [1.54, 1.807) is 0 Å². The van der Waals surface area contributed by atoms with Crippen LogP contribution in [0.1, 0.15) is 19.3 Å². The molecule has 0 amide bonds. The molecule has 0 heterocycles. The summed E-state index contributed by atoms with van der Waals surface area (Å²) in [5, 5.41) is 8.51. The van der Waals surface area contributed by atoms with Gasteiger partial charge in [0.05, 0.1) is 0 Å². The van der Waals surface area contributed by atoms with Gasteiger partial charge in [-0.3, -0.25) is 0 Å². The molecule has 0 saturated heterocycles. The zero-order valence-corrected chi connectivity index (χ0v) is 7.60. The molecular formula is C8H13BrO. The molecule has 0 spiro atoms. The summed E-state index contributed by atoms with van der Waals surface area (Å²) in [5.41, 5.74) is 1.28. The summed E-state index contributed by atoms with van der Waals surface area (Å²) in [5.74, 6) is 0. The maximum Gasteiger partial charge on any atom is 0.0434 e. The molecule has 0 saturated carbocycles. The summed E-state index contributed by atoms with van der Waals surface area (Å²) < 4.78 is 0. The highest BCUT2D eigenvalue weighted by atomic mass is 79.9. The van der Waals surface area contributed by atoms with Crippen molar-refractivity contribution in [3.8, 4) is 0 Å². The predicted octanol–water partition coefficient (Wildman–Crippen LogP) is 2.61. The number of aliphatic hydroxyl groups is 1. The standard InChI is InChI=1S/C8H13BrO/c1-2-4-8(7-9)5-3-6-10/h2,7,10H,1,3-6H2/b8-7-. The van der Waals surface area contributed by atoms with E-state index in [-0.39, 0.29) is 6.61 Å². The van der Waals surface area contributed by atoms with Crippen LogP contribution in [0.2, 0.25) is 0 Å². The zero-order valence-electron chi connectivity index (χ0n) is 6.02. The molecule has 0 atom stereocenters. The average molecular weight is 205 g/mol. The van der Waals surface area contributed by atoms with Crippen molar-refractivity contribution < 1.29 is 5.11 Å². The first-order valence-electron chi connectivity index (χ1n) is 3.35. The molecule has 0 fully saturated rings. The molecule has 0 aliphatic rings. The van der Waals surface area contributed by atoms with Gasteiger partial charge in [-0.25, -0.2) is 0 Å². The Hall–Kier alpha value is -0.0800. The fourth-order valence-electron chi connectivity index (χ4n) is 0.693. The maximum absolute atomic E-state index is 8.51. The van der Waals surface area contributed by atoms with Crippen LogP contribution in [-0.2, 0) is 0 Å². The van der Waals surface area contributed by atoms with Crippen LogP contribution < -0.4 is 0 Å². The lowest BCUT2D eigenvalue weighted by Gasteiger charge is -1.99. The molecule has 0 radical (unpaired) electrons. The molecule has 0 bridgehead atoms. The summed E-state index contributed by atoms with van der Waals surface area (Å²) in [7, 11) is 0. The van der Waals surface area contributed by atoms with Crippen molar-refractivity contribution in [2.75, 3.05) is 6.61 Å². The van der Waals surface area contributed by atoms with Crippen molar-refractivity contribution in [3.05, 3.63) is 23.2 Å². The van der Waals surface area contributed by atoms with Gasteiger partial charge in [0.15, 0.2) is 0 Å². The summed E-state index contributed by atoms with van der Waals surface area (Å²) in [6.45, 7) is 3.90. The third-order valence-electron chi connectivity index (χ3n) is 1.22. The second-order valence-electron chi connectivity index (χ2n) is 2.09. The van der Waals surface area contributed by atoms with Gasteiger partial charge in [0.2, 0.25) is 0 Å². The van der Waals surface area contributed by atoms with Gasteiger partial charge in [-0.2, -0.15) is 0 Å². The van der Waals surface area contributed by atoms with Crippen molar-refractivity contribution >= 4 is 15.9 Å². The number of hydrogen-bond acceptors (Lipinski definition) is 1. The smallest absolute Gasteiger partial charge is 0.0434 e. The van der Waals surface area contributed by atoms with Gasteiger partial charge in [0.25, 0.3) is 0 Å². The summed E-state index contributed by atoms with van der Waals surface area (Å²) in [4.78, 5) is 1.91. The highest BCUT2D eigenvalue weighted by Crippen LogP contribution is 2.11. The van der Waals surface area contributed by atoms with E-state index in [4.69, 9.17) is 5.11 Å². The van der Waals surface area contributed by atoms with Crippen molar-refractivity contribution in [1.29, 1.82) is 0 Å². The Morgan fingerprint density at radius 2 is 2.30 bits per heavy atom. The molecule has 0 aromatic heterocycles. The Labute approximate surface area is 70.6 Å². The first kappa shape index (κ1) is 9.92. The second kappa shape index (κ2) is 7.03. The Kier molecular flexibility index (Phi) is 6.98. The van der Waals surface area contributed by atoms with Crippen LogP contribution in [0.4, 0.5) is 0 Å². The Morgan fingerprint density at radius 3 is 2.70 bits per heavy atom. The van der Waals surface area contributed by atoms with Crippen LogP contribution in [0.3, 0.4) is 0 Å². The SMILES string of the molecule is C=CC/C(=C/Br)CCCO. The van der Waals surface area contributed by atoms with Crippen LogP contribution >= 0.6 is 15.9 Å². The molecule has 0 unspecified atom stereocenters. The van der Waals surface area contributed by atoms with Gasteiger partial charge in [-0.1, -0.05) is 27.6 Å². The van der Waals surface area contributed by atoms with Crippen molar-refractivity contribution in [2.24, 2.45) is 0 Å². The van der Waals surface area contributed by atoms with E-state index in [1.807, 2.05) is 11.1 Å². The lowest BCUT2D eigenvalue weighted by molar-refractivity contribution is 0.288. The van der Waals surface area contributed by atoms with Crippen LogP contribution in [0.5, 0.6) is 0 Å². The number of halogens is 1. The highest BCUT2D eigenvalue weighted by molar-refractivity contribution is 9.11. The molecule has 0 aromatic carbocycles. The predicted molar refractivity (Wildman–Crippen MR) is 48.1 cm³/mol. The number of rotatable bonds is 5. The van der Waals surface area contributed by atoms with E-state index >= 15 is 0 Å². The normalized spacial score (nSPS) is 11.6. The van der Waals surface area contributed by atoms with E-state index in [2.05, 4.69) is 22.5 Å². The lowest BCUT2D eigenvalue weighted by atomic mass is 10.1. The van der Waals surface area contributed by atoms with Gasteiger partial charge in [0, 0.05) is 6.61 Å². The Bertz CT molecular complexity index is 118. The minimum Gasteiger partial charge on any atom is -0.396 e. The molecular weight excluding hydrogens is 192 g/mol. The maximum atomic E-state index is 8.51. The van der Waals surface area contributed by atoms with Gasteiger partial charge in [-0.05, 0) is 24.2 Å². The molecule has 1 N–H and O–H groups in total. The van der Waals surface area contributed by atoms with E-state index in [0.29, 0.717) is 0 Å². The first-order valence-corrected chi connectivity index (χ1v) is 4.26. The van der Waals surface area contributed by atoms with Gasteiger partial charge in [0.1, 0.15) is 0 Å². The van der Waals surface area contributed by atoms with E-state index < -0.39 is 0 Å². The molecule has 0 aliphatic carbocycles. The van der Waals surface area contributed by atoms with Gasteiger partial charge in [-0.15, -0.1) is 6.58 Å².